The average molecular weight is 454 g/mol. The largest absolute Gasteiger partial charge is 0.496 e. The number of sulfonamides is 1. The molecule has 3 rings (SSSR count). The molecule has 0 saturated carbocycles. The fourth-order valence-electron chi connectivity index (χ4n) is 3.32. The normalized spacial score (nSPS) is 10.9. The number of benzene rings is 3. The molecule has 0 fully saturated rings. The molecular weight excluding hydrogens is 430 g/mol. The lowest BCUT2D eigenvalue weighted by Gasteiger charge is -2.16. The van der Waals surface area contributed by atoms with Crippen molar-refractivity contribution < 1.29 is 27.5 Å². The topological polar surface area (TPSA) is 98.8 Å². The minimum absolute atomic E-state index is 0.000693. The van der Waals surface area contributed by atoms with Crippen molar-refractivity contribution in [3.63, 3.8) is 0 Å². The second kappa shape index (κ2) is 10.1. The van der Waals surface area contributed by atoms with Crippen LogP contribution < -0.4 is 14.2 Å². The third-order valence-corrected chi connectivity index (χ3v) is 6.21. The molecule has 0 radical (unpaired) electrons. The van der Waals surface area contributed by atoms with Crippen LogP contribution in [0.15, 0.2) is 71.6 Å². The van der Waals surface area contributed by atoms with E-state index >= 15 is 0 Å². The van der Waals surface area contributed by atoms with E-state index in [1.165, 1.54) is 26.4 Å². The molecule has 7 nitrogen and oxygen atoms in total. The molecule has 0 aromatic heterocycles. The van der Waals surface area contributed by atoms with E-state index in [0.29, 0.717) is 29.6 Å². The van der Waals surface area contributed by atoms with Gasteiger partial charge in [0.25, 0.3) is 10.0 Å². The molecular formula is C24H23NO6S. The van der Waals surface area contributed by atoms with Crippen LogP contribution >= 0.6 is 0 Å². The van der Waals surface area contributed by atoms with Crippen molar-refractivity contribution in [2.24, 2.45) is 0 Å². The van der Waals surface area contributed by atoms with E-state index in [9.17, 15) is 18.0 Å². The van der Waals surface area contributed by atoms with Crippen LogP contribution in [0.3, 0.4) is 0 Å². The fourth-order valence-corrected chi connectivity index (χ4v) is 4.40. The molecule has 0 aliphatic heterocycles. The maximum Gasteiger partial charge on any atom is 0.264 e. The van der Waals surface area contributed by atoms with Crippen molar-refractivity contribution in [3.05, 3.63) is 77.9 Å². The van der Waals surface area contributed by atoms with E-state index in [1.54, 1.807) is 24.3 Å². The van der Waals surface area contributed by atoms with E-state index in [4.69, 9.17) is 9.47 Å². The van der Waals surface area contributed by atoms with Crippen LogP contribution in [0.1, 0.15) is 22.3 Å². The maximum absolute atomic E-state index is 12.9. The number of aryl methyl sites for hydroxylation is 1. The highest BCUT2D eigenvalue weighted by molar-refractivity contribution is 7.90. The summed E-state index contributed by atoms with van der Waals surface area (Å²) >= 11 is 0. The summed E-state index contributed by atoms with van der Waals surface area (Å²) in [5, 5.41) is 0. The Morgan fingerprint density at radius 1 is 0.938 bits per heavy atom. The van der Waals surface area contributed by atoms with Crippen LogP contribution in [0.5, 0.6) is 11.5 Å². The number of amides is 1. The summed E-state index contributed by atoms with van der Waals surface area (Å²) in [5.74, 6) is 0.0408. The standard InChI is InChI=1S/C24H23NO6S/c1-30-22-11-7-6-10-20(22)21-15-19(14-18(16-26)24(21)31-2)32(28,29)25-23(27)13-12-17-8-4-3-5-9-17/h3-11,14-16H,12-13H2,1-2H3,(H,25,27). The third-order valence-electron chi connectivity index (χ3n) is 4.86. The van der Waals surface area contributed by atoms with Crippen molar-refractivity contribution in [3.8, 4) is 22.6 Å². The molecule has 0 aliphatic rings. The number of para-hydroxylation sites is 1. The molecule has 3 aromatic rings. The summed E-state index contributed by atoms with van der Waals surface area (Å²) in [7, 11) is -1.35. The lowest BCUT2D eigenvalue weighted by atomic mass is 10.0. The molecule has 8 heteroatoms. The Morgan fingerprint density at radius 2 is 1.62 bits per heavy atom. The second-order valence-electron chi connectivity index (χ2n) is 6.93. The first kappa shape index (κ1) is 23.0. The summed E-state index contributed by atoms with van der Waals surface area (Å²) in [6.07, 6.45) is 0.907. The molecule has 166 valence electrons. The van der Waals surface area contributed by atoms with Gasteiger partial charge in [-0.25, -0.2) is 13.1 Å². The number of rotatable bonds is 9. The number of aldehydes is 1. The minimum Gasteiger partial charge on any atom is -0.496 e. The SMILES string of the molecule is COc1ccccc1-c1cc(S(=O)(=O)NC(=O)CCc2ccccc2)cc(C=O)c1OC. The van der Waals surface area contributed by atoms with Gasteiger partial charge in [0.1, 0.15) is 11.5 Å². The highest BCUT2D eigenvalue weighted by Crippen LogP contribution is 2.39. The van der Waals surface area contributed by atoms with Crippen LogP contribution in [-0.4, -0.2) is 34.8 Å². The van der Waals surface area contributed by atoms with Gasteiger partial charge in [0.15, 0.2) is 6.29 Å². The van der Waals surface area contributed by atoms with Gasteiger partial charge in [0.05, 0.1) is 24.7 Å². The Labute approximate surface area is 187 Å². The summed E-state index contributed by atoms with van der Waals surface area (Å²) in [6.45, 7) is 0. The predicted molar refractivity (Wildman–Crippen MR) is 120 cm³/mol. The predicted octanol–water partition coefficient (Wildman–Crippen LogP) is 3.62. The molecule has 0 aliphatic carbocycles. The van der Waals surface area contributed by atoms with Gasteiger partial charge in [0.2, 0.25) is 5.91 Å². The van der Waals surface area contributed by atoms with Crippen molar-refractivity contribution in [2.45, 2.75) is 17.7 Å². The highest BCUT2D eigenvalue weighted by Gasteiger charge is 2.23. The number of hydrogen-bond donors (Lipinski definition) is 1. The minimum atomic E-state index is -4.23. The lowest BCUT2D eigenvalue weighted by Crippen LogP contribution is -2.30. The van der Waals surface area contributed by atoms with Crippen molar-refractivity contribution >= 4 is 22.2 Å². The summed E-state index contributed by atoms with van der Waals surface area (Å²) in [4.78, 5) is 23.8. The van der Waals surface area contributed by atoms with Crippen molar-refractivity contribution in [2.75, 3.05) is 14.2 Å². The van der Waals surface area contributed by atoms with Crippen LogP contribution in [0, 0.1) is 0 Å². The van der Waals surface area contributed by atoms with E-state index in [2.05, 4.69) is 4.72 Å². The van der Waals surface area contributed by atoms with E-state index < -0.39 is 15.9 Å². The van der Waals surface area contributed by atoms with E-state index in [0.717, 1.165) is 5.56 Å². The molecule has 0 saturated heterocycles. The van der Waals surface area contributed by atoms with Gasteiger partial charge in [-0.3, -0.25) is 9.59 Å². The summed E-state index contributed by atoms with van der Waals surface area (Å²) in [6, 6.07) is 18.8. The Bertz CT molecular complexity index is 1220. The monoisotopic (exact) mass is 453 g/mol. The Morgan fingerprint density at radius 3 is 2.28 bits per heavy atom. The molecule has 0 heterocycles. The molecule has 0 unspecified atom stereocenters. The molecule has 1 N–H and O–H groups in total. The number of carbonyl (C=O) groups is 2. The van der Waals surface area contributed by atoms with E-state index in [1.807, 2.05) is 30.3 Å². The number of hydrogen-bond acceptors (Lipinski definition) is 6. The van der Waals surface area contributed by atoms with Gasteiger partial charge in [0, 0.05) is 17.5 Å². The number of nitrogens with one attached hydrogen (secondary N) is 1. The zero-order chi connectivity index (χ0) is 23.1. The summed E-state index contributed by atoms with van der Waals surface area (Å²) < 4.78 is 38.7. The van der Waals surface area contributed by atoms with Crippen molar-refractivity contribution in [1.29, 1.82) is 0 Å². The maximum atomic E-state index is 12.9. The zero-order valence-corrected chi connectivity index (χ0v) is 18.5. The van der Waals surface area contributed by atoms with Crippen LogP contribution in [-0.2, 0) is 21.2 Å². The van der Waals surface area contributed by atoms with Crippen LogP contribution in [0.2, 0.25) is 0 Å². The third kappa shape index (κ3) is 5.15. The Balaban J connectivity index is 1.95. The Kier molecular flexibility index (Phi) is 7.27. The van der Waals surface area contributed by atoms with Gasteiger partial charge in [-0.1, -0.05) is 48.5 Å². The quantitative estimate of drug-likeness (QED) is 0.497. The van der Waals surface area contributed by atoms with E-state index in [-0.39, 0.29) is 22.6 Å². The highest BCUT2D eigenvalue weighted by atomic mass is 32.2. The van der Waals surface area contributed by atoms with Gasteiger partial charge in [-0.05, 0) is 30.2 Å². The molecule has 1 amide bonds. The van der Waals surface area contributed by atoms with Crippen LogP contribution in [0.25, 0.3) is 11.1 Å². The summed E-state index contributed by atoms with van der Waals surface area (Å²) in [5.41, 5.74) is 1.85. The van der Waals surface area contributed by atoms with Gasteiger partial charge in [-0.15, -0.1) is 0 Å². The van der Waals surface area contributed by atoms with Crippen LogP contribution in [0.4, 0.5) is 0 Å². The molecule has 32 heavy (non-hydrogen) atoms. The van der Waals surface area contributed by atoms with Gasteiger partial charge >= 0.3 is 0 Å². The number of ether oxygens (including phenoxy) is 2. The fraction of sp³-hybridized carbons (Fsp3) is 0.167. The zero-order valence-electron chi connectivity index (χ0n) is 17.7. The number of carbonyl (C=O) groups excluding carboxylic acids is 2. The van der Waals surface area contributed by atoms with Gasteiger partial charge in [-0.2, -0.15) is 0 Å². The average Bonchev–Trinajstić information content (AvgIpc) is 2.82. The lowest BCUT2D eigenvalue weighted by molar-refractivity contribution is -0.119. The molecule has 0 bridgehead atoms. The van der Waals surface area contributed by atoms with Gasteiger partial charge < -0.3 is 9.47 Å². The first-order chi connectivity index (χ1) is 15.4. The first-order valence-electron chi connectivity index (χ1n) is 9.79. The molecule has 0 spiro atoms. The smallest absolute Gasteiger partial charge is 0.264 e. The molecule has 0 atom stereocenters. The number of methoxy groups -OCH3 is 2. The molecule has 3 aromatic carbocycles. The first-order valence-corrected chi connectivity index (χ1v) is 11.3. The van der Waals surface area contributed by atoms with Crippen molar-refractivity contribution in [1.82, 2.24) is 4.72 Å². The Hall–Kier alpha value is -3.65. The second-order valence-corrected chi connectivity index (χ2v) is 8.61.